The second-order valence-corrected chi connectivity index (χ2v) is 7.32. The van der Waals surface area contributed by atoms with Gasteiger partial charge in [-0.25, -0.2) is 0 Å². The van der Waals surface area contributed by atoms with Crippen molar-refractivity contribution in [1.82, 2.24) is 9.80 Å². The monoisotopic (exact) mass is 385 g/mol. The first-order chi connectivity index (χ1) is 12.8. The molecule has 0 saturated heterocycles. The summed E-state index contributed by atoms with van der Waals surface area (Å²) in [6, 6.07) is 13.9. The first-order valence-electron chi connectivity index (χ1n) is 8.34. The zero-order valence-electron chi connectivity index (χ0n) is 15.9. The number of benzene rings is 2. The molecule has 0 aliphatic rings. The Labute approximate surface area is 163 Å². The van der Waals surface area contributed by atoms with Gasteiger partial charge in [-0.2, -0.15) is 0 Å². The Morgan fingerprint density at radius 1 is 0.889 bits per heavy atom. The predicted molar refractivity (Wildman–Crippen MR) is 108 cm³/mol. The van der Waals surface area contributed by atoms with Crippen LogP contribution in [0.1, 0.15) is 20.7 Å². The smallest absolute Gasteiger partial charge is 0.256 e. The van der Waals surface area contributed by atoms with Crippen molar-refractivity contribution in [1.29, 1.82) is 0 Å². The van der Waals surface area contributed by atoms with Crippen molar-refractivity contribution >= 4 is 35.2 Å². The van der Waals surface area contributed by atoms with E-state index in [9.17, 15) is 14.4 Å². The van der Waals surface area contributed by atoms with Gasteiger partial charge in [-0.05, 0) is 36.4 Å². The van der Waals surface area contributed by atoms with Gasteiger partial charge in [0.1, 0.15) is 0 Å². The van der Waals surface area contributed by atoms with E-state index in [0.29, 0.717) is 16.8 Å². The molecule has 0 aliphatic carbocycles. The summed E-state index contributed by atoms with van der Waals surface area (Å²) in [5.41, 5.74) is 1.65. The van der Waals surface area contributed by atoms with Crippen LogP contribution in [-0.2, 0) is 4.79 Å². The van der Waals surface area contributed by atoms with E-state index in [1.807, 2.05) is 12.1 Å². The summed E-state index contributed by atoms with van der Waals surface area (Å²) in [5.74, 6) is -0.114. The summed E-state index contributed by atoms with van der Waals surface area (Å²) >= 11 is 1.33. The van der Waals surface area contributed by atoms with Gasteiger partial charge in [0.25, 0.3) is 11.8 Å². The summed E-state index contributed by atoms with van der Waals surface area (Å²) in [7, 11) is 6.78. The van der Waals surface area contributed by atoms with Crippen LogP contribution in [0, 0.1) is 0 Å². The summed E-state index contributed by atoms with van der Waals surface area (Å²) in [5, 5.41) is 2.83. The molecular weight excluding hydrogens is 362 g/mol. The molecule has 2 rings (SSSR count). The zero-order chi connectivity index (χ0) is 20.0. The lowest BCUT2D eigenvalue weighted by Crippen LogP contribution is -2.23. The fourth-order valence-corrected chi connectivity index (χ4v) is 3.23. The van der Waals surface area contributed by atoms with E-state index in [1.54, 1.807) is 64.6 Å². The minimum Gasteiger partial charge on any atom is -0.348 e. The molecule has 0 bridgehead atoms. The van der Waals surface area contributed by atoms with Gasteiger partial charge >= 0.3 is 0 Å². The Hall–Kier alpha value is -2.80. The van der Waals surface area contributed by atoms with E-state index in [4.69, 9.17) is 0 Å². The van der Waals surface area contributed by atoms with Crippen molar-refractivity contribution in [2.75, 3.05) is 39.3 Å². The summed E-state index contributed by atoms with van der Waals surface area (Å²) in [6.07, 6.45) is 0. The van der Waals surface area contributed by atoms with E-state index in [2.05, 4.69) is 5.32 Å². The van der Waals surface area contributed by atoms with E-state index in [0.717, 1.165) is 4.90 Å². The third-order valence-electron chi connectivity index (χ3n) is 3.78. The number of amides is 3. The lowest BCUT2D eigenvalue weighted by molar-refractivity contribution is -0.125. The number of anilines is 1. The summed E-state index contributed by atoms with van der Waals surface area (Å²) in [4.78, 5) is 40.1. The van der Waals surface area contributed by atoms with Crippen molar-refractivity contribution in [3.63, 3.8) is 0 Å². The van der Waals surface area contributed by atoms with Crippen molar-refractivity contribution in [2.45, 2.75) is 4.90 Å². The molecule has 0 fully saturated rings. The number of nitrogens with zero attached hydrogens (tertiary/aromatic N) is 2. The van der Waals surface area contributed by atoms with Crippen LogP contribution in [-0.4, -0.2) is 61.5 Å². The Kier molecular flexibility index (Phi) is 7.01. The third kappa shape index (κ3) is 5.59. The van der Waals surface area contributed by atoms with E-state index < -0.39 is 0 Å². The highest BCUT2D eigenvalue weighted by Crippen LogP contribution is 2.24. The lowest BCUT2D eigenvalue weighted by Gasteiger charge is -2.13. The molecule has 0 saturated carbocycles. The van der Waals surface area contributed by atoms with Crippen LogP contribution in [0.3, 0.4) is 0 Å². The number of nitrogens with one attached hydrogen (secondary N) is 1. The average Bonchev–Trinajstić information content (AvgIpc) is 2.66. The Morgan fingerprint density at radius 3 is 2.11 bits per heavy atom. The first-order valence-corrected chi connectivity index (χ1v) is 9.33. The number of hydrogen-bond donors (Lipinski definition) is 1. The molecule has 6 nitrogen and oxygen atoms in total. The predicted octanol–water partition coefficient (Wildman–Crippen LogP) is 2.82. The highest BCUT2D eigenvalue weighted by molar-refractivity contribution is 8.00. The van der Waals surface area contributed by atoms with Gasteiger partial charge in [-0.15, -0.1) is 11.8 Å². The molecule has 3 amide bonds. The van der Waals surface area contributed by atoms with Crippen LogP contribution in [0.5, 0.6) is 0 Å². The van der Waals surface area contributed by atoms with Gasteiger partial charge in [0.05, 0.1) is 11.3 Å². The molecule has 2 aromatic carbocycles. The van der Waals surface area contributed by atoms with Crippen molar-refractivity contribution in [2.24, 2.45) is 0 Å². The van der Waals surface area contributed by atoms with Crippen LogP contribution in [0.25, 0.3) is 0 Å². The number of rotatable bonds is 6. The van der Waals surface area contributed by atoms with Crippen LogP contribution < -0.4 is 5.32 Å². The fraction of sp³-hybridized carbons (Fsp3) is 0.250. The molecule has 142 valence electrons. The minimum absolute atomic E-state index is 0.0173. The third-order valence-corrected chi connectivity index (χ3v) is 4.84. The summed E-state index contributed by atoms with van der Waals surface area (Å²) in [6.45, 7) is 0. The average molecular weight is 385 g/mol. The van der Waals surface area contributed by atoms with Gasteiger partial charge in [-0.3, -0.25) is 14.4 Å². The van der Waals surface area contributed by atoms with Gasteiger partial charge in [0, 0.05) is 44.3 Å². The molecule has 0 atom stereocenters. The molecule has 7 heteroatoms. The van der Waals surface area contributed by atoms with Crippen LogP contribution >= 0.6 is 11.8 Å². The highest BCUT2D eigenvalue weighted by Gasteiger charge is 2.14. The number of carbonyl (C=O) groups excluding carboxylic acids is 3. The maximum absolute atomic E-state index is 12.6. The largest absolute Gasteiger partial charge is 0.348 e. The Balaban J connectivity index is 2.10. The number of thioether (sulfide) groups is 1. The van der Waals surface area contributed by atoms with Crippen molar-refractivity contribution < 1.29 is 14.4 Å². The normalized spacial score (nSPS) is 10.2. The van der Waals surface area contributed by atoms with Crippen molar-refractivity contribution in [3.05, 3.63) is 59.7 Å². The van der Waals surface area contributed by atoms with E-state index >= 15 is 0 Å². The van der Waals surface area contributed by atoms with Crippen LogP contribution in [0.15, 0.2) is 53.4 Å². The second kappa shape index (κ2) is 9.23. The molecular formula is C20H23N3O3S. The number of hydrogen-bond acceptors (Lipinski definition) is 4. The summed E-state index contributed by atoms with van der Waals surface area (Å²) < 4.78 is 0. The highest BCUT2D eigenvalue weighted by atomic mass is 32.2. The van der Waals surface area contributed by atoms with E-state index in [-0.39, 0.29) is 23.5 Å². The minimum atomic E-state index is -0.262. The first kappa shape index (κ1) is 20.5. The van der Waals surface area contributed by atoms with Gasteiger partial charge in [0.2, 0.25) is 5.91 Å². The number of carbonyl (C=O) groups is 3. The SMILES string of the molecule is CN(C)C(=O)CSc1ccccc1C(=O)Nc1ccc(C(=O)N(C)C)cc1. The molecule has 0 aliphatic heterocycles. The Morgan fingerprint density at radius 2 is 1.52 bits per heavy atom. The molecule has 2 aromatic rings. The topological polar surface area (TPSA) is 69.7 Å². The van der Waals surface area contributed by atoms with Gasteiger partial charge < -0.3 is 15.1 Å². The second-order valence-electron chi connectivity index (χ2n) is 6.30. The maximum atomic E-state index is 12.6. The molecule has 27 heavy (non-hydrogen) atoms. The molecule has 0 unspecified atom stereocenters. The maximum Gasteiger partial charge on any atom is 0.256 e. The zero-order valence-corrected chi connectivity index (χ0v) is 16.7. The fourth-order valence-electron chi connectivity index (χ4n) is 2.20. The lowest BCUT2D eigenvalue weighted by atomic mass is 10.1. The van der Waals surface area contributed by atoms with E-state index in [1.165, 1.54) is 21.6 Å². The van der Waals surface area contributed by atoms with Gasteiger partial charge in [0.15, 0.2) is 0 Å². The molecule has 0 heterocycles. The molecule has 1 N–H and O–H groups in total. The van der Waals surface area contributed by atoms with Crippen molar-refractivity contribution in [3.8, 4) is 0 Å². The van der Waals surface area contributed by atoms with Crippen LogP contribution in [0.4, 0.5) is 5.69 Å². The molecule has 0 spiro atoms. The van der Waals surface area contributed by atoms with Crippen LogP contribution in [0.2, 0.25) is 0 Å². The molecule has 0 radical (unpaired) electrons. The Bertz CT molecular complexity index is 833. The quantitative estimate of drug-likeness (QED) is 0.777. The molecule has 0 aromatic heterocycles. The van der Waals surface area contributed by atoms with Gasteiger partial charge in [-0.1, -0.05) is 12.1 Å². The standard InChI is InChI=1S/C20H23N3O3S/c1-22(2)18(24)13-27-17-8-6-5-7-16(17)19(25)21-15-11-9-14(10-12-15)20(26)23(3)4/h5-12H,13H2,1-4H3,(H,21,25).